The number of anilines is 1. The number of alkyl halides is 1. The van der Waals surface area contributed by atoms with E-state index in [0.717, 1.165) is 33.4 Å². The highest BCUT2D eigenvalue weighted by atomic mass is 127. The SMILES string of the molecule is CO/N=C(\C(=O)NC1C(=O)N2C(C(=O)OC(c3ccccc3)c3ccccc3)=C(CI)CS[C@@H]12)c1csc(NC(c2ccccc2)(c2ccccc2)c2ccccc2)n1. The minimum Gasteiger partial charge on any atom is -0.448 e. The highest BCUT2D eigenvalue weighted by molar-refractivity contribution is 14.1. The van der Waals surface area contributed by atoms with Crippen molar-refractivity contribution in [3.63, 3.8) is 0 Å². The van der Waals surface area contributed by atoms with Crippen LogP contribution in [0.4, 0.5) is 5.13 Å². The normalized spacial score (nSPS) is 16.6. The Morgan fingerprint density at radius 2 is 1.34 bits per heavy atom. The zero-order valence-corrected chi connectivity index (χ0v) is 35.5. The molecule has 1 unspecified atom stereocenters. The van der Waals surface area contributed by atoms with E-state index < -0.39 is 40.8 Å². The molecule has 13 heteroatoms. The maximum absolute atomic E-state index is 14.1. The van der Waals surface area contributed by atoms with Crippen LogP contribution in [0.3, 0.4) is 0 Å². The number of thioether (sulfide) groups is 1. The van der Waals surface area contributed by atoms with Crippen molar-refractivity contribution in [2.75, 3.05) is 22.6 Å². The summed E-state index contributed by atoms with van der Waals surface area (Å²) in [5, 5.41) is 12.4. The summed E-state index contributed by atoms with van der Waals surface area (Å²) in [7, 11) is 1.35. The summed E-state index contributed by atoms with van der Waals surface area (Å²) in [5.41, 5.74) is 4.94. The topological polar surface area (TPSA) is 122 Å². The molecule has 1 aromatic heterocycles. The second-order valence-corrected chi connectivity index (χ2v) is 16.4. The Hall–Kier alpha value is -5.77. The van der Waals surface area contributed by atoms with E-state index in [1.807, 2.05) is 115 Å². The van der Waals surface area contributed by atoms with Crippen LogP contribution in [0.25, 0.3) is 0 Å². The van der Waals surface area contributed by atoms with Gasteiger partial charge in [0.05, 0.1) is 0 Å². The predicted molar refractivity (Wildman–Crippen MR) is 240 cm³/mol. The summed E-state index contributed by atoms with van der Waals surface area (Å²) in [6.07, 6.45) is -0.684. The molecule has 0 radical (unpaired) electrons. The number of nitrogens with zero attached hydrogens (tertiary/aromatic N) is 3. The summed E-state index contributed by atoms with van der Waals surface area (Å²) in [6.45, 7) is 0. The standard InChI is InChI=1S/C46H38IN5O5S2/c1-56-51-37(36-29-59-45(48-36)50-46(33-21-11-4-12-22-33,34-23-13-5-14-24-34)35-25-15-6-16-26-35)41(53)49-38-42(54)52-39(32(27-47)28-58-43(38)52)44(55)57-40(30-17-7-2-8-18-30)31-19-9-3-10-20-31/h2-26,29,38,40,43H,27-28H2,1H3,(H,48,50)(H,49,53)/b51-37-/t38?,43-/m0/s1. The van der Waals surface area contributed by atoms with Crippen molar-refractivity contribution >= 4 is 74.3 Å². The van der Waals surface area contributed by atoms with E-state index in [-0.39, 0.29) is 17.1 Å². The van der Waals surface area contributed by atoms with Crippen LogP contribution >= 0.6 is 45.7 Å². The van der Waals surface area contributed by atoms with Gasteiger partial charge in [-0.15, -0.1) is 23.1 Å². The predicted octanol–water partition coefficient (Wildman–Crippen LogP) is 8.32. The molecule has 1 fully saturated rings. The number of oxime groups is 1. The van der Waals surface area contributed by atoms with Gasteiger partial charge in [-0.25, -0.2) is 9.78 Å². The number of amides is 2. The molecule has 0 spiro atoms. The first-order chi connectivity index (χ1) is 28.9. The Morgan fingerprint density at radius 3 is 1.83 bits per heavy atom. The molecule has 8 rings (SSSR count). The number of esters is 1. The fourth-order valence-electron chi connectivity index (χ4n) is 7.41. The molecule has 5 aromatic carbocycles. The largest absolute Gasteiger partial charge is 0.448 e. The van der Waals surface area contributed by atoms with E-state index in [4.69, 9.17) is 14.6 Å². The van der Waals surface area contributed by atoms with Crippen LogP contribution in [-0.2, 0) is 29.5 Å². The molecule has 296 valence electrons. The molecule has 2 aliphatic rings. The molecule has 2 atom stereocenters. The van der Waals surface area contributed by atoms with Crippen LogP contribution in [-0.4, -0.2) is 62.1 Å². The van der Waals surface area contributed by atoms with Crippen molar-refractivity contribution in [1.29, 1.82) is 0 Å². The van der Waals surface area contributed by atoms with Crippen molar-refractivity contribution in [1.82, 2.24) is 15.2 Å². The number of nitrogens with one attached hydrogen (secondary N) is 2. The summed E-state index contributed by atoms with van der Waals surface area (Å²) < 4.78 is 6.74. The van der Waals surface area contributed by atoms with E-state index >= 15 is 0 Å². The Kier molecular flexibility index (Phi) is 12.2. The van der Waals surface area contributed by atoms with Crippen LogP contribution < -0.4 is 10.6 Å². The summed E-state index contributed by atoms with van der Waals surface area (Å²) in [5.74, 6) is -1.17. The molecule has 0 bridgehead atoms. The number of fused-ring (bicyclic) bond motifs is 1. The summed E-state index contributed by atoms with van der Waals surface area (Å²) in [6, 6.07) is 48.5. The number of hydrogen-bond donors (Lipinski definition) is 2. The minimum absolute atomic E-state index is 0.0923. The van der Waals surface area contributed by atoms with E-state index in [2.05, 4.69) is 74.8 Å². The van der Waals surface area contributed by atoms with Crippen molar-refractivity contribution in [3.8, 4) is 0 Å². The number of halogens is 1. The van der Waals surface area contributed by atoms with Gasteiger partial charge < -0.3 is 20.2 Å². The molecule has 59 heavy (non-hydrogen) atoms. The molecule has 2 amide bonds. The molecular formula is C46H38IN5O5S2. The fraction of sp³-hybridized carbons (Fsp3) is 0.152. The molecule has 0 aliphatic carbocycles. The molecular weight excluding hydrogens is 894 g/mol. The molecule has 3 heterocycles. The Morgan fingerprint density at radius 1 is 0.831 bits per heavy atom. The number of aromatic nitrogens is 1. The van der Waals surface area contributed by atoms with Gasteiger partial charge in [-0.3, -0.25) is 14.5 Å². The fourth-order valence-corrected chi connectivity index (χ4v) is 10.5. The maximum atomic E-state index is 14.1. The lowest BCUT2D eigenvalue weighted by atomic mass is 9.77. The third kappa shape index (κ3) is 8.01. The first kappa shape index (κ1) is 40.0. The van der Waals surface area contributed by atoms with Gasteiger partial charge in [0.2, 0.25) is 0 Å². The van der Waals surface area contributed by atoms with Gasteiger partial charge in [-0.2, -0.15) is 0 Å². The minimum atomic E-state index is -0.926. The van der Waals surface area contributed by atoms with Crippen molar-refractivity contribution in [2.24, 2.45) is 5.16 Å². The first-order valence-electron chi connectivity index (χ1n) is 18.8. The molecule has 0 saturated carbocycles. The second-order valence-electron chi connectivity index (χ2n) is 13.7. The van der Waals surface area contributed by atoms with Crippen molar-refractivity contribution < 1.29 is 24.0 Å². The van der Waals surface area contributed by atoms with E-state index in [1.165, 1.54) is 35.1 Å². The van der Waals surface area contributed by atoms with Gasteiger partial charge >= 0.3 is 5.97 Å². The smallest absolute Gasteiger partial charge is 0.356 e. The van der Waals surface area contributed by atoms with Crippen molar-refractivity contribution in [2.45, 2.75) is 23.1 Å². The average Bonchev–Trinajstić information content (AvgIpc) is 3.76. The van der Waals surface area contributed by atoms with Gasteiger partial charge in [0.25, 0.3) is 11.8 Å². The lowest BCUT2D eigenvalue weighted by molar-refractivity contribution is -0.154. The highest BCUT2D eigenvalue weighted by Gasteiger charge is 2.55. The second kappa shape index (κ2) is 18.0. The summed E-state index contributed by atoms with van der Waals surface area (Å²) >= 11 is 5.01. The van der Waals surface area contributed by atoms with Crippen molar-refractivity contribution in [3.05, 3.63) is 202 Å². The quantitative estimate of drug-likeness (QED) is 0.0213. The highest BCUT2D eigenvalue weighted by Crippen LogP contribution is 2.43. The lowest BCUT2D eigenvalue weighted by Crippen LogP contribution is -2.71. The van der Waals surface area contributed by atoms with Crippen LogP contribution in [0.15, 0.2) is 173 Å². The van der Waals surface area contributed by atoms with Gasteiger partial charge in [0.15, 0.2) is 16.9 Å². The third-order valence-corrected chi connectivity index (χ3v) is 13.2. The van der Waals surface area contributed by atoms with Gasteiger partial charge in [0.1, 0.15) is 35.5 Å². The summed E-state index contributed by atoms with van der Waals surface area (Å²) in [4.78, 5) is 53.6. The van der Waals surface area contributed by atoms with Gasteiger partial charge in [-0.05, 0) is 33.4 Å². The molecule has 2 aliphatic heterocycles. The number of ether oxygens (including phenoxy) is 1. The van der Waals surface area contributed by atoms with E-state index in [9.17, 15) is 14.4 Å². The maximum Gasteiger partial charge on any atom is 0.356 e. The molecule has 1 saturated heterocycles. The monoisotopic (exact) mass is 931 g/mol. The Bertz CT molecular complexity index is 2350. The number of carbonyl (C=O) groups excluding carboxylic acids is 3. The zero-order chi connectivity index (χ0) is 40.8. The van der Waals surface area contributed by atoms with Crippen LogP contribution in [0.1, 0.15) is 39.6 Å². The first-order valence-corrected chi connectivity index (χ1v) is 22.2. The Balaban J connectivity index is 1.03. The molecule has 2 N–H and O–H groups in total. The number of carbonyl (C=O) groups is 3. The average molecular weight is 932 g/mol. The number of rotatable bonds is 14. The van der Waals surface area contributed by atoms with Gasteiger partial charge in [0, 0.05) is 15.6 Å². The number of hydrogen-bond acceptors (Lipinski definition) is 10. The van der Waals surface area contributed by atoms with Crippen LogP contribution in [0, 0.1) is 0 Å². The van der Waals surface area contributed by atoms with E-state index in [1.54, 1.807) is 5.38 Å². The van der Waals surface area contributed by atoms with Crippen LogP contribution in [0.5, 0.6) is 0 Å². The van der Waals surface area contributed by atoms with Crippen LogP contribution in [0.2, 0.25) is 0 Å². The number of β-lactam (4-membered cyclic amide) rings is 1. The lowest BCUT2D eigenvalue weighted by Gasteiger charge is -2.49. The molecule has 6 aromatic rings. The number of benzene rings is 5. The Labute approximate surface area is 363 Å². The molecule has 10 nitrogen and oxygen atoms in total. The zero-order valence-electron chi connectivity index (χ0n) is 31.7. The number of thiazole rings is 1. The van der Waals surface area contributed by atoms with E-state index in [0.29, 0.717) is 15.3 Å². The van der Waals surface area contributed by atoms with Gasteiger partial charge in [-0.1, -0.05) is 179 Å². The third-order valence-electron chi connectivity index (χ3n) is 10.2.